The quantitative estimate of drug-likeness (QED) is 0.876. The Labute approximate surface area is 121 Å². The predicted octanol–water partition coefficient (Wildman–Crippen LogP) is 4.59. The van der Waals surface area contributed by atoms with E-state index in [1.807, 2.05) is 29.6 Å². The van der Waals surface area contributed by atoms with Gasteiger partial charge >= 0.3 is 0 Å². The van der Waals surface area contributed by atoms with Gasteiger partial charge in [0, 0.05) is 22.4 Å². The largest absolute Gasteiger partial charge is 0.302 e. The Morgan fingerprint density at radius 1 is 1.42 bits per heavy atom. The van der Waals surface area contributed by atoms with E-state index in [0.717, 1.165) is 24.1 Å². The third kappa shape index (κ3) is 3.78. The molecular weight excluding hydrogens is 280 g/mol. The number of nitrogens with zero attached hydrogens (tertiary/aromatic N) is 1. The lowest BCUT2D eigenvalue weighted by Crippen LogP contribution is -2.10. The molecule has 0 bridgehead atoms. The molecule has 0 radical (unpaired) electrons. The lowest BCUT2D eigenvalue weighted by molar-refractivity contribution is -0.116. The molecule has 0 saturated heterocycles. The minimum absolute atomic E-state index is 0.0157. The average Bonchev–Trinajstić information content (AvgIpc) is 2.85. The molecule has 0 atom stereocenters. The lowest BCUT2D eigenvalue weighted by atomic mass is 10.2. The van der Waals surface area contributed by atoms with E-state index < -0.39 is 0 Å². The number of aromatic nitrogens is 1. The van der Waals surface area contributed by atoms with Crippen LogP contribution in [-0.2, 0) is 4.79 Å². The molecule has 0 saturated carbocycles. The number of halogens is 1. The smallest absolute Gasteiger partial charge is 0.226 e. The number of nitrogens with one attached hydrogen (secondary N) is 1. The van der Waals surface area contributed by atoms with Crippen molar-refractivity contribution in [1.82, 2.24) is 4.98 Å². The second-order valence-electron chi connectivity index (χ2n) is 4.17. The van der Waals surface area contributed by atoms with E-state index in [2.05, 4.69) is 17.2 Å². The molecule has 1 aromatic heterocycles. The molecule has 100 valence electrons. The molecule has 0 fully saturated rings. The summed E-state index contributed by atoms with van der Waals surface area (Å²) >= 11 is 7.53. The minimum atomic E-state index is 0.0157. The average molecular weight is 295 g/mol. The fourth-order valence-corrected chi connectivity index (χ4v) is 2.60. The van der Waals surface area contributed by atoms with Gasteiger partial charge in [-0.2, -0.15) is 0 Å². The number of hydrogen-bond acceptors (Lipinski definition) is 3. The number of amides is 1. The number of carbonyl (C=O) groups is 1. The highest BCUT2D eigenvalue weighted by Gasteiger charge is 2.09. The van der Waals surface area contributed by atoms with Crippen LogP contribution in [0.5, 0.6) is 0 Å². The van der Waals surface area contributed by atoms with E-state index in [9.17, 15) is 4.79 Å². The van der Waals surface area contributed by atoms with Gasteiger partial charge in [-0.15, -0.1) is 11.3 Å². The summed E-state index contributed by atoms with van der Waals surface area (Å²) in [4.78, 5) is 16.0. The fraction of sp³-hybridized carbons (Fsp3) is 0.286. The highest BCUT2D eigenvalue weighted by Crippen LogP contribution is 2.30. The summed E-state index contributed by atoms with van der Waals surface area (Å²) in [5, 5.41) is 6.00. The van der Waals surface area contributed by atoms with Gasteiger partial charge in [-0.05, 0) is 12.5 Å². The normalized spacial score (nSPS) is 10.4. The van der Waals surface area contributed by atoms with E-state index in [1.165, 1.54) is 11.3 Å². The van der Waals surface area contributed by atoms with Crippen molar-refractivity contribution in [2.45, 2.75) is 26.2 Å². The molecule has 19 heavy (non-hydrogen) atoms. The number of unbranched alkanes of at least 4 members (excludes halogenated alkanes) is 1. The first kappa shape index (κ1) is 14.0. The van der Waals surface area contributed by atoms with Crippen LogP contribution in [0.25, 0.3) is 11.3 Å². The number of carbonyl (C=O) groups excluding carboxylic acids is 1. The fourth-order valence-electron chi connectivity index (χ4n) is 1.64. The van der Waals surface area contributed by atoms with E-state index in [4.69, 9.17) is 11.6 Å². The summed E-state index contributed by atoms with van der Waals surface area (Å²) in [5.41, 5.74) is 1.68. The zero-order chi connectivity index (χ0) is 13.7. The number of hydrogen-bond donors (Lipinski definition) is 1. The third-order valence-corrected chi connectivity index (χ3v) is 3.75. The number of anilines is 1. The maximum Gasteiger partial charge on any atom is 0.226 e. The summed E-state index contributed by atoms with van der Waals surface area (Å²) in [7, 11) is 0. The van der Waals surface area contributed by atoms with Gasteiger partial charge < -0.3 is 5.32 Å². The Morgan fingerprint density at radius 3 is 2.95 bits per heavy atom. The van der Waals surface area contributed by atoms with Crippen LogP contribution >= 0.6 is 22.9 Å². The van der Waals surface area contributed by atoms with Crippen molar-refractivity contribution in [3.05, 3.63) is 34.7 Å². The topological polar surface area (TPSA) is 42.0 Å². The van der Waals surface area contributed by atoms with Crippen molar-refractivity contribution >= 4 is 34.0 Å². The van der Waals surface area contributed by atoms with Crippen molar-refractivity contribution in [1.29, 1.82) is 0 Å². The summed E-state index contributed by atoms with van der Waals surface area (Å²) in [6.45, 7) is 2.06. The summed E-state index contributed by atoms with van der Waals surface area (Å²) < 4.78 is 0. The molecular formula is C14H15ClN2OS. The molecule has 0 aliphatic heterocycles. The van der Waals surface area contributed by atoms with E-state index in [1.54, 1.807) is 0 Å². The molecule has 0 aliphatic carbocycles. The summed E-state index contributed by atoms with van der Waals surface area (Å²) in [6.07, 6.45) is 2.45. The van der Waals surface area contributed by atoms with Crippen molar-refractivity contribution < 1.29 is 4.79 Å². The summed E-state index contributed by atoms with van der Waals surface area (Å²) in [6, 6.07) is 7.54. The molecule has 0 aliphatic rings. The van der Waals surface area contributed by atoms with E-state index >= 15 is 0 Å². The van der Waals surface area contributed by atoms with Gasteiger partial charge in [0.15, 0.2) is 5.13 Å². The van der Waals surface area contributed by atoms with Gasteiger partial charge in [0.1, 0.15) is 0 Å². The zero-order valence-electron chi connectivity index (χ0n) is 10.6. The predicted molar refractivity (Wildman–Crippen MR) is 80.7 cm³/mol. The zero-order valence-corrected chi connectivity index (χ0v) is 12.2. The van der Waals surface area contributed by atoms with Gasteiger partial charge in [0.05, 0.1) is 5.69 Å². The first-order valence-corrected chi connectivity index (χ1v) is 7.46. The van der Waals surface area contributed by atoms with Gasteiger partial charge in [0.25, 0.3) is 0 Å². The van der Waals surface area contributed by atoms with Crippen molar-refractivity contribution in [3.8, 4) is 11.3 Å². The van der Waals surface area contributed by atoms with E-state index in [-0.39, 0.29) is 5.91 Å². The van der Waals surface area contributed by atoms with Crippen molar-refractivity contribution in [3.63, 3.8) is 0 Å². The van der Waals surface area contributed by atoms with Crippen molar-refractivity contribution in [2.24, 2.45) is 0 Å². The molecule has 5 heteroatoms. The second-order valence-corrected chi connectivity index (χ2v) is 5.43. The molecule has 0 unspecified atom stereocenters. The van der Waals surface area contributed by atoms with Crippen LogP contribution in [0.2, 0.25) is 5.02 Å². The standard InChI is InChI=1S/C14H15ClN2OS/c1-2-3-8-13(18)17-14-16-12(9-19-14)10-6-4-5-7-11(10)15/h4-7,9H,2-3,8H2,1H3,(H,16,17,18). The Hall–Kier alpha value is -1.39. The lowest BCUT2D eigenvalue weighted by Gasteiger charge is -2.01. The van der Waals surface area contributed by atoms with Crippen LogP contribution in [0.1, 0.15) is 26.2 Å². The van der Waals surface area contributed by atoms with Gasteiger partial charge in [-0.3, -0.25) is 4.79 Å². The monoisotopic (exact) mass is 294 g/mol. The number of rotatable bonds is 5. The maximum atomic E-state index is 11.6. The molecule has 0 spiro atoms. The van der Waals surface area contributed by atoms with Crippen LogP contribution in [0.3, 0.4) is 0 Å². The first-order chi connectivity index (χ1) is 9.20. The number of benzene rings is 1. The van der Waals surface area contributed by atoms with Crippen molar-refractivity contribution in [2.75, 3.05) is 5.32 Å². The maximum absolute atomic E-state index is 11.6. The molecule has 1 aromatic carbocycles. The number of thiazole rings is 1. The Morgan fingerprint density at radius 2 is 2.21 bits per heavy atom. The molecule has 1 heterocycles. The van der Waals surface area contributed by atoms with Crippen LogP contribution in [0, 0.1) is 0 Å². The van der Waals surface area contributed by atoms with Crippen LogP contribution in [0.4, 0.5) is 5.13 Å². The van der Waals surface area contributed by atoms with Gasteiger partial charge in [-0.1, -0.05) is 43.1 Å². The molecule has 3 nitrogen and oxygen atoms in total. The Balaban J connectivity index is 2.07. The summed E-state index contributed by atoms with van der Waals surface area (Å²) in [5.74, 6) is 0.0157. The molecule has 2 aromatic rings. The third-order valence-electron chi connectivity index (χ3n) is 2.66. The second kappa shape index (κ2) is 6.68. The molecule has 2 rings (SSSR count). The van der Waals surface area contributed by atoms with Gasteiger partial charge in [0.2, 0.25) is 5.91 Å². The minimum Gasteiger partial charge on any atom is -0.302 e. The highest BCUT2D eigenvalue weighted by atomic mass is 35.5. The molecule has 1 N–H and O–H groups in total. The SMILES string of the molecule is CCCCC(=O)Nc1nc(-c2ccccc2Cl)cs1. The molecule has 1 amide bonds. The Kier molecular flexibility index (Phi) is 4.93. The van der Waals surface area contributed by atoms with E-state index in [0.29, 0.717) is 16.6 Å². The van der Waals surface area contributed by atoms with Crippen LogP contribution in [0.15, 0.2) is 29.6 Å². The van der Waals surface area contributed by atoms with Gasteiger partial charge in [-0.25, -0.2) is 4.98 Å². The first-order valence-electron chi connectivity index (χ1n) is 6.21. The van der Waals surface area contributed by atoms with Crippen LogP contribution in [-0.4, -0.2) is 10.9 Å². The van der Waals surface area contributed by atoms with Crippen LogP contribution < -0.4 is 5.32 Å². The Bertz CT molecular complexity index is 568. The highest BCUT2D eigenvalue weighted by molar-refractivity contribution is 7.14.